The highest BCUT2D eigenvalue weighted by atomic mass is 16.6. The molecular weight excluding hydrogens is 268 g/mol. The summed E-state index contributed by atoms with van der Waals surface area (Å²) in [5, 5.41) is 0. The SMILES string of the molecule is CC(N)C1CN(C(C)c2ccc3c(c2)OCCO3)CCO1. The van der Waals surface area contributed by atoms with Crippen molar-refractivity contribution in [1.29, 1.82) is 0 Å². The lowest BCUT2D eigenvalue weighted by atomic mass is 10.0. The van der Waals surface area contributed by atoms with Gasteiger partial charge in [-0.25, -0.2) is 0 Å². The van der Waals surface area contributed by atoms with Gasteiger partial charge in [0.25, 0.3) is 0 Å². The normalized spacial score (nSPS) is 25.4. The molecular formula is C16H24N2O3. The Labute approximate surface area is 126 Å². The summed E-state index contributed by atoms with van der Waals surface area (Å²) < 4.78 is 17.0. The van der Waals surface area contributed by atoms with Crippen molar-refractivity contribution in [2.45, 2.75) is 32.0 Å². The number of benzene rings is 1. The minimum atomic E-state index is 0.0558. The molecule has 0 spiro atoms. The Bertz CT molecular complexity index is 492. The van der Waals surface area contributed by atoms with Gasteiger partial charge in [0, 0.05) is 25.2 Å². The summed E-state index contributed by atoms with van der Waals surface area (Å²) in [7, 11) is 0. The van der Waals surface area contributed by atoms with E-state index < -0.39 is 0 Å². The lowest BCUT2D eigenvalue weighted by Gasteiger charge is -2.38. The molecule has 1 fully saturated rings. The molecule has 21 heavy (non-hydrogen) atoms. The van der Waals surface area contributed by atoms with Gasteiger partial charge in [0.1, 0.15) is 13.2 Å². The van der Waals surface area contributed by atoms with Crippen LogP contribution in [-0.2, 0) is 4.74 Å². The fraction of sp³-hybridized carbons (Fsp3) is 0.625. The van der Waals surface area contributed by atoms with Crippen molar-refractivity contribution in [3.8, 4) is 11.5 Å². The molecule has 5 heteroatoms. The van der Waals surface area contributed by atoms with Crippen LogP contribution in [-0.4, -0.2) is 50.0 Å². The number of hydrogen-bond acceptors (Lipinski definition) is 5. The Balaban J connectivity index is 1.73. The average molecular weight is 292 g/mol. The standard InChI is InChI=1S/C16H24N2O3/c1-11(17)16-10-18(5-6-19-16)12(2)13-3-4-14-15(9-13)21-8-7-20-14/h3-4,9,11-12,16H,5-8,10,17H2,1-2H3. The van der Waals surface area contributed by atoms with Crippen LogP contribution in [0.2, 0.25) is 0 Å². The topological polar surface area (TPSA) is 57.0 Å². The summed E-state index contributed by atoms with van der Waals surface area (Å²) in [6.07, 6.45) is 0.110. The van der Waals surface area contributed by atoms with Crippen LogP contribution >= 0.6 is 0 Å². The van der Waals surface area contributed by atoms with Crippen molar-refractivity contribution in [3.05, 3.63) is 23.8 Å². The van der Waals surface area contributed by atoms with E-state index in [1.807, 2.05) is 13.0 Å². The maximum absolute atomic E-state index is 5.97. The fourth-order valence-electron chi connectivity index (χ4n) is 2.90. The zero-order valence-electron chi connectivity index (χ0n) is 12.7. The molecule has 0 saturated carbocycles. The van der Waals surface area contributed by atoms with Crippen LogP contribution in [0.5, 0.6) is 11.5 Å². The van der Waals surface area contributed by atoms with Crippen molar-refractivity contribution in [2.24, 2.45) is 5.73 Å². The number of hydrogen-bond donors (Lipinski definition) is 1. The quantitative estimate of drug-likeness (QED) is 0.916. The van der Waals surface area contributed by atoms with Crippen LogP contribution in [0, 0.1) is 0 Å². The number of fused-ring (bicyclic) bond motifs is 1. The average Bonchev–Trinajstić information content (AvgIpc) is 2.53. The number of morpholine rings is 1. The van der Waals surface area contributed by atoms with E-state index >= 15 is 0 Å². The summed E-state index contributed by atoms with van der Waals surface area (Å²) in [4.78, 5) is 2.42. The molecule has 2 aliphatic rings. The molecule has 2 N–H and O–H groups in total. The molecule has 1 aromatic rings. The van der Waals surface area contributed by atoms with Crippen LogP contribution in [0.3, 0.4) is 0 Å². The molecule has 1 aromatic carbocycles. The van der Waals surface area contributed by atoms with E-state index in [2.05, 4.69) is 24.0 Å². The Kier molecular flexibility index (Phi) is 4.33. The molecule has 5 nitrogen and oxygen atoms in total. The number of rotatable bonds is 3. The minimum absolute atomic E-state index is 0.0558. The minimum Gasteiger partial charge on any atom is -0.486 e. The summed E-state index contributed by atoms with van der Waals surface area (Å²) in [6.45, 7) is 8.00. The first-order valence-corrected chi connectivity index (χ1v) is 7.66. The first kappa shape index (κ1) is 14.6. The van der Waals surface area contributed by atoms with Crippen molar-refractivity contribution in [1.82, 2.24) is 4.90 Å². The highest BCUT2D eigenvalue weighted by Crippen LogP contribution is 2.34. The highest BCUT2D eigenvalue weighted by Gasteiger charge is 2.27. The molecule has 2 heterocycles. The molecule has 0 aromatic heterocycles. The second-order valence-electron chi connectivity index (χ2n) is 5.84. The Morgan fingerprint density at radius 3 is 2.67 bits per heavy atom. The summed E-state index contributed by atoms with van der Waals surface area (Å²) in [6, 6.07) is 6.58. The van der Waals surface area contributed by atoms with Gasteiger partial charge in [-0.1, -0.05) is 6.07 Å². The van der Waals surface area contributed by atoms with Gasteiger partial charge < -0.3 is 19.9 Å². The summed E-state index contributed by atoms with van der Waals surface area (Å²) in [5.74, 6) is 1.69. The van der Waals surface area contributed by atoms with Crippen molar-refractivity contribution in [2.75, 3.05) is 32.9 Å². The molecule has 1 saturated heterocycles. The van der Waals surface area contributed by atoms with Crippen LogP contribution in [0.1, 0.15) is 25.5 Å². The van der Waals surface area contributed by atoms with Crippen molar-refractivity contribution in [3.63, 3.8) is 0 Å². The molecule has 116 valence electrons. The van der Waals surface area contributed by atoms with Crippen LogP contribution in [0.25, 0.3) is 0 Å². The van der Waals surface area contributed by atoms with E-state index in [4.69, 9.17) is 19.9 Å². The molecule has 3 unspecified atom stereocenters. The number of ether oxygens (including phenoxy) is 3. The van der Waals surface area contributed by atoms with Gasteiger partial charge in [-0.15, -0.1) is 0 Å². The van der Waals surface area contributed by atoms with Gasteiger partial charge in [-0.05, 0) is 31.5 Å². The molecule has 2 aliphatic heterocycles. The number of nitrogens with two attached hydrogens (primary N) is 1. The summed E-state index contributed by atoms with van der Waals surface area (Å²) >= 11 is 0. The van der Waals surface area contributed by atoms with Crippen molar-refractivity contribution < 1.29 is 14.2 Å². The molecule has 3 atom stereocenters. The largest absolute Gasteiger partial charge is 0.486 e. The fourth-order valence-corrected chi connectivity index (χ4v) is 2.90. The lowest BCUT2D eigenvalue weighted by molar-refractivity contribution is -0.0498. The van der Waals surface area contributed by atoms with E-state index in [1.54, 1.807) is 0 Å². The predicted octanol–water partition coefficient (Wildman–Crippen LogP) is 1.57. The first-order valence-electron chi connectivity index (χ1n) is 7.66. The van der Waals surface area contributed by atoms with E-state index in [-0.39, 0.29) is 12.1 Å². The first-order chi connectivity index (χ1) is 10.1. The lowest BCUT2D eigenvalue weighted by Crippen LogP contribution is -2.50. The second-order valence-corrected chi connectivity index (χ2v) is 5.84. The monoisotopic (exact) mass is 292 g/mol. The van der Waals surface area contributed by atoms with E-state index in [0.717, 1.165) is 31.2 Å². The van der Waals surface area contributed by atoms with Gasteiger partial charge in [0.2, 0.25) is 0 Å². The third kappa shape index (κ3) is 3.15. The maximum atomic E-state index is 5.97. The van der Waals surface area contributed by atoms with Gasteiger partial charge in [0.15, 0.2) is 11.5 Å². The number of nitrogens with zero attached hydrogens (tertiary/aromatic N) is 1. The molecule has 0 aliphatic carbocycles. The van der Waals surface area contributed by atoms with E-state index in [1.165, 1.54) is 5.56 Å². The molecule has 3 rings (SSSR count). The van der Waals surface area contributed by atoms with Gasteiger partial charge >= 0.3 is 0 Å². The van der Waals surface area contributed by atoms with Crippen LogP contribution in [0.15, 0.2) is 18.2 Å². The predicted molar refractivity (Wildman–Crippen MR) is 80.8 cm³/mol. The highest BCUT2D eigenvalue weighted by molar-refractivity contribution is 5.44. The maximum Gasteiger partial charge on any atom is 0.161 e. The molecule has 0 radical (unpaired) electrons. The smallest absolute Gasteiger partial charge is 0.161 e. The van der Waals surface area contributed by atoms with Crippen LogP contribution in [0.4, 0.5) is 0 Å². The molecule has 0 bridgehead atoms. The molecule has 0 amide bonds. The van der Waals surface area contributed by atoms with Crippen LogP contribution < -0.4 is 15.2 Å². The van der Waals surface area contributed by atoms with Crippen molar-refractivity contribution >= 4 is 0 Å². The Morgan fingerprint density at radius 1 is 1.14 bits per heavy atom. The summed E-state index contributed by atoms with van der Waals surface area (Å²) in [5.41, 5.74) is 7.21. The van der Waals surface area contributed by atoms with E-state index in [0.29, 0.717) is 19.3 Å². The third-order valence-electron chi connectivity index (χ3n) is 4.31. The second kappa shape index (κ2) is 6.22. The van der Waals surface area contributed by atoms with Gasteiger partial charge in [-0.3, -0.25) is 4.90 Å². The zero-order valence-corrected chi connectivity index (χ0v) is 12.7. The zero-order chi connectivity index (χ0) is 14.8. The third-order valence-corrected chi connectivity index (χ3v) is 4.31. The van der Waals surface area contributed by atoms with Gasteiger partial charge in [-0.2, -0.15) is 0 Å². The Hall–Kier alpha value is -1.30. The Morgan fingerprint density at radius 2 is 1.90 bits per heavy atom. The van der Waals surface area contributed by atoms with E-state index in [9.17, 15) is 0 Å². The van der Waals surface area contributed by atoms with Gasteiger partial charge in [0.05, 0.1) is 12.7 Å².